The lowest BCUT2D eigenvalue weighted by atomic mass is 10.2. The third-order valence-electron chi connectivity index (χ3n) is 2.62. The molecule has 1 aromatic heterocycles. The van der Waals surface area contributed by atoms with Gasteiger partial charge in [0.25, 0.3) is 5.91 Å². The average Bonchev–Trinajstić information content (AvgIpc) is 2.46. The van der Waals surface area contributed by atoms with Crippen LogP contribution in [0.1, 0.15) is 15.9 Å². The summed E-state index contributed by atoms with van der Waals surface area (Å²) in [6, 6.07) is 10.4. The molecule has 0 aliphatic carbocycles. The van der Waals surface area contributed by atoms with Crippen molar-refractivity contribution in [2.24, 2.45) is 0 Å². The molecule has 0 bridgehead atoms. The zero-order chi connectivity index (χ0) is 13.8. The molecule has 0 fully saturated rings. The van der Waals surface area contributed by atoms with Gasteiger partial charge in [-0.1, -0.05) is 0 Å². The molecule has 2 aromatic rings. The van der Waals surface area contributed by atoms with Gasteiger partial charge < -0.3 is 0 Å². The fourth-order valence-corrected chi connectivity index (χ4v) is 1.54. The molecule has 1 amide bonds. The molecular formula is C14H10FN3O. The second kappa shape index (κ2) is 5.27. The number of hydrogen-bond donors (Lipinski definition) is 0. The number of halogens is 1. The number of nitriles is 1. The van der Waals surface area contributed by atoms with E-state index >= 15 is 0 Å². The Balaban J connectivity index is 2.23. The second-order valence-electron chi connectivity index (χ2n) is 3.89. The summed E-state index contributed by atoms with van der Waals surface area (Å²) >= 11 is 0. The summed E-state index contributed by atoms with van der Waals surface area (Å²) in [5.41, 5.74) is 0.793. The number of rotatable bonds is 2. The van der Waals surface area contributed by atoms with E-state index < -0.39 is 5.82 Å². The van der Waals surface area contributed by atoms with E-state index in [1.54, 1.807) is 19.2 Å². The molecule has 5 heteroatoms. The van der Waals surface area contributed by atoms with Gasteiger partial charge in [0.1, 0.15) is 17.7 Å². The quantitative estimate of drug-likeness (QED) is 0.827. The van der Waals surface area contributed by atoms with Crippen LogP contribution in [0.15, 0.2) is 42.6 Å². The lowest BCUT2D eigenvalue weighted by Gasteiger charge is -2.16. The minimum Gasteiger partial charge on any atom is -0.296 e. The van der Waals surface area contributed by atoms with Gasteiger partial charge in [0.05, 0.1) is 5.56 Å². The first-order valence-electron chi connectivity index (χ1n) is 5.51. The van der Waals surface area contributed by atoms with E-state index in [1.807, 2.05) is 6.07 Å². The topological polar surface area (TPSA) is 57.0 Å². The predicted octanol–water partition coefficient (Wildman–Crippen LogP) is 2.37. The van der Waals surface area contributed by atoms with Crippen LogP contribution in [0, 0.1) is 17.1 Å². The third-order valence-corrected chi connectivity index (χ3v) is 2.62. The van der Waals surface area contributed by atoms with Gasteiger partial charge in [-0.25, -0.2) is 9.37 Å². The van der Waals surface area contributed by atoms with Crippen LogP contribution in [0.2, 0.25) is 0 Å². The van der Waals surface area contributed by atoms with E-state index in [1.165, 1.54) is 35.4 Å². The van der Waals surface area contributed by atoms with Crippen LogP contribution in [0.5, 0.6) is 0 Å². The fraction of sp³-hybridized carbons (Fsp3) is 0.0714. The molecule has 1 aromatic carbocycles. The Bertz CT molecular complexity index is 629. The molecule has 0 aliphatic rings. The largest absolute Gasteiger partial charge is 0.296 e. The second-order valence-corrected chi connectivity index (χ2v) is 3.89. The highest BCUT2D eigenvalue weighted by molar-refractivity contribution is 6.05. The van der Waals surface area contributed by atoms with E-state index in [0.29, 0.717) is 16.9 Å². The first-order chi connectivity index (χ1) is 9.11. The first-order valence-corrected chi connectivity index (χ1v) is 5.51. The maximum atomic E-state index is 12.8. The van der Waals surface area contributed by atoms with Crippen molar-refractivity contribution >= 4 is 11.7 Å². The molecule has 2 rings (SSSR count). The molecule has 4 nitrogen and oxygen atoms in total. The Hall–Kier alpha value is -2.74. The summed E-state index contributed by atoms with van der Waals surface area (Å²) in [6.45, 7) is 0. The Morgan fingerprint density at radius 2 is 1.95 bits per heavy atom. The summed E-state index contributed by atoms with van der Waals surface area (Å²) in [6.07, 6.45) is 1.39. The van der Waals surface area contributed by atoms with Gasteiger partial charge in [0.15, 0.2) is 0 Å². The Kier molecular flexibility index (Phi) is 3.53. The van der Waals surface area contributed by atoms with Gasteiger partial charge in [-0.15, -0.1) is 0 Å². The third kappa shape index (κ3) is 2.75. The number of hydrogen-bond acceptors (Lipinski definition) is 3. The predicted molar refractivity (Wildman–Crippen MR) is 68.1 cm³/mol. The van der Waals surface area contributed by atoms with Gasteiger partial charge in [0, 0.05) is 18.8 Å². The number of pyridine rings is 1. The number of carbonyl (C=O) groups excluding carboxylic acids is 1. The number of benzene rings is 1. The van der Waals surface area contributed by atoms with Crippen molar-refractivity contribution < 1.29 is 9.18 Å². The van der Waals surface area contributed by atoms with E-state index in [4.69, 9.17) is 5.26 Å². The van der Waals surface area contributed by atoms with Crippen molar-refractivity contribution in [1.82, 2.24) is 4.98 Å². The Morgan fingerprint density at radius 3 is 2.47 bits per heavy atom. The highest BCUT2D eigenvalue weighted by Crippen LogP contribution is 2.13. The van der Waals surface area contributed by atoms with Crippen LogP contribution >= 0.6 is 0 Å². The average molecular weight is 255 g/mol. The van der Waals surface area contributed by atoms with Crippen molar-refractivity contribution in [1.29, 1.82) is 5.26 Å². The molecular weight excluding hydrogens is 245 g/mol. The van der Waals surface area contributed by atoms with Crippen molar-refractivity contribution in [3.8, 4) is 6.07 Å². The molecule has 0 radical (unpaired) electrons. The molecule has 0 saturated carbocycles. The number of aromatic nitrogens is 1. The number of amides is 1. The molecule has 0 atom stereocenters. The maximum Gasteiger partial charge on any atom is 0.259 e. The van der Waals surface area contributed by atoms with Crippen molar-refractivity contribution in [2.45, 2.75) is 0 Å². The minimum absolute atomic E-state index is 0.294. The van der Waals surface area contributed by atoms with Crippen LogP contribution in [0.3, 0.4) is 0 Å². The van der Waals surface area contributed by atoms with E-state index in [0.717, 1.165) is 0 Å². The van der Waals surface area contributed by atoms with E-state index in [9.17, 15) is 9.18 Å². The van der Waals surface area contributed by atoms with Gasteiger partial charge in [-0.05, 0) is 36.4 Å². The standard InChI is InChI=1S/C14H10FN3O/c1-18(13-7-2-10(8-16)9-17-13)14(19)11-3-5-12(15)6-4-11/h2-7,9H,1H3. The van der Waals surface area contributed by atoms with Gasteiger partial charge in [-0.3, -0.25) is 9.69 Å². The number of carbonyl (C=O) groups is 1. The minimum atomic E-state index is -0.393. The zero-order valence-corrected chi connectivity index (χ0v) is 10.2. The molecule has 19 heavy (non-hydrogen) atoms. The maximum absolute atomic E-state index is 12.8. The van der Waals surface area contributed by atoms with E-state index in [-0.39, 0.29) is 5.91 Å². The monoisotopic (exact) mass is 255 g/mol. The van der Waals surface area contributed by atoms with Crippen LogP contribution in [0.25, 0.3) is 0 Å². The Labute approximate surface area is 109 Å². The molecule has 1 heterocycles. The molecule has 0 aliphatic heterocycles. The van der Waals surface area contributed by atoms with Gasteiger partial charge in [0.2, 0.25) is 0 Å². The molecule has 0 saturated heterocycles. The lowest BCUT2D eigenvalue weighted by molar-refractivity contribution is 0.0992. The summed E-state index contributed by atoms with van der Waals surface area (Å²) in [5, 5.41) is 8.67. The van der Waals surface area contributed by atoms with Crippen LogP contribution in [0.4, 0.5) is 10.2 Å². The van der Waals surface area contributed by atoms with Crippen LogP contribution in [-0.4, -0.2) is 17.9 Å². The number of anilines is 1. The molecule has 0 spiro atoms. The zero-order valence-electron chi connectivity index (χ0n) is 10.2. The molecule has 0 N–H and O–H groups in total. The fourth-order valence-electron chi connectivity index (χ4n) is 1.54. The summed E-state index contributed by atoms with van der Waals surface area (Å²) in [5.74, 6) is -0.263. The van der Waals surface area contributed by atoms with Crippen molar-refractivity contribution in [3.63, 3.8) is 0 Å². The summed E-state index contributed by atoms with van der Waals surface area (Å²) in [7, 11) is 1.57. The highest BCUT2D eigenvalue weighted by atomic mass is 19.1. The van der Waals surface area contributed by atoms with Gasteiger partial charge in [-0.2, -0.15) is 5.26 Å². The highest BCUT2D eigenvalue weighted by Gasteiger charge is 2.14. The van der Waals surface area contributed by atoms with E-state index in [2.05, 4.69) is 4.98 Å². The summed E-state index contributed by atoms with van der Waals surface area (Å²) < 4.78 is 12.8. The van der Waals surface area contributed by atoms with Crippen molar-refractivity contribution in [3.05, 3.63) is 59.5 Å². The molecule has 94 valence electrons. The van der Waals surface area contributed by atoms with Crippen molar-refractivity contribution in [2.75, 3.05) is 11.9 Å². The molecule has 0 unspecified atom stereocenters. The lowest BCUT2D eigenvalue weighted by Crippen LogP contribution is -2.27. The SMILES string of the molecule is CN(C(=O)c1ccc(F)cc1)c1ccc(C#N)cn1. The van der Waals surface area contributed by atoms with Crippen LogP contribution in [-0.2, 0) is 0 Å². The van der Waals surface area contributed by atoms with Crippen LogP contribution < -0.4 is 4.90 Å². The number of nitrogens with zero attached hydrogens (tertiary/aromatic N) is 3. The smallest absolute Gasteiger partial charge is 0.259 e. The normalized spacial score (nSPS) is 9.74. The van der Waals surface area contributed by atoms with Gasteiger partial charge >= 0.3 is 0 Å². The Morgan fingerprint density at radius 1 is 1.26 bits per heavy atom. The summed E-state index contributed by atoms with van der Waals surface area (Å²) in [4.78, 5) is 17.5. The first kappa shape index (κ1) is 12.7.